The zero-order chi connectivity index (χ0) is 18.6. The van der Waals surface area contributed by atoms with E-state index in [2.05, 4.69) is 15.6 Å². The van der Waals surface area contributed by atoms with Gasteiger partial charge in [0.25, 0.3) is 5.91 Å². The van der Waals surface area contributed by atoms with Crippen LogP contribution in [0.5, 0.6) is 0 Å². The van der Waals surface area contributed by atoms with Crippen LogP contribution in [0.4, 0.5) is 0 Å². The first-order chi connectivity index (χ1) is 13.2. The topological polar surface area (TPSA) is 67.2 Å². The van der Waals surface area contributed by atoms with Crippen molar-refractivity contribution in [2.75, 3.05) is 13.1 Å². The van der Waals surface area contributed by atoms with Gasteiger partial charge in [-0.15, -0.1) is 0 Å². The standard InChI is InChI=1S/C22H23N3O2/c1-15-8-10-16(11-9-15)20-14-24-22(27-20)19-7-3-2-6-18(19)21(26)25-17-5-4-12-23-13-17/h2-3,6-11,14,17,23H,4-5,12-13H2,1H3,(H,25,26)/t17-/m0/s1. The van der Waals surface area contributed by atoms with E-state index in [1.54, 1.807) is 6.20 Å². The molecular weight excluding hydrogens is 338 g/mol. The zero-order valence-electron chi connectivity index (χ0n) is 15.4. The molecule has 5 heteroatoms. The van der Waals surface area contributed by atoms with Crippen molar-refractivity contribution in [1.29, 1.82) is 0 Å². The second-order valence-corrected chi connectivity index (χ2v) is 6.96. The molecule has 3 aromatic rings. The molecular formula is C22H23N3O2. The van der Waals surface area contributed by atoms with Gasteiger partial charge in [-0.05, 0) is 38.4 Å². The number of piperidine rings is 1. The lowest BCUT2D eigenvalue weighted by atomic mass is 10.0. The molecule has 1 aliphatic heterocycles. The molecule has 0 saturated carbocycles. The van der Waals surface area contributed by atoms with E-state index >= 15 is 0 Å². The van der Waals surface area contributed by atoms with Crippen molar-refractivity contribution in [3.63, 3.8) is 0 Å². The first-order valence-electron chi connectivity index (χ1n) is 9.34. The van der Waals surface area contributed by atoms with Gasteiger partial charge in [-0.25, -0.2) is 4.98 Å². The van der Waals surface area contributed by atoms with E-state index < -0.39 is 0 Å². The van der Waals surface area contributed by atoms with Crippen LogP contribution < -0.4 is 10.6 Å². The van der Waals surface area contributed by atoms with Crippen molar-refractivity contribution in [2.24, 2.45) is 0 Å². The highest BCUT2D eigenvalue weighted by molar-refractivity contribution is 6.00. The second-order valence-electron chi connectivity index (χ2n) is 6.96. The second kappa shape index (κ2) is 7.76. The third kappa shape index (κ3) is 3.93. The van der Waals surface area contributed by atoms with Crippen LogP contribution in [-0.2, 0) is 0 Å². The smallest absolute Gasteiger partial charge is 0.252 e. The summed E-state index contributed by atoms with van der Waals surface area (Å²) >= 11 is 0. The van der Waals surface area contributed by atoms with Gasteiger partial charge < -0.3 is 15.1 Å². The molecule has 138 valence electrons. The van der Waals surface area contributed by atoms with E-state index in [9.17, 15) is 4.79 Å². The quantitative estimate of drug-likeness (QED) is 0.742. The number of nitrogens with zero attached hydrogens (tertiary/aromatic N) is 1. The molecule has 1 amide bonds. The molecule has 5 nitrogen and oxygen atoms in total. The minimum atomic E-state index is -0.0885. The van der Waals surface area contributed by atoms with Gasteiger partial charge in [-0.3, -0.25) is 4.79 Å². The number of amides is 1. The molecule has 1 saturated heterocycles. The Hall–Kier alpha value is -2.92. The lowest BCUT2D eigenvalue weighted by Crippen LogP contribution is -2.45. The summed E-state index contributed by atoms with van der Waals surface area (Å²) in [5.41, 5.74) is 3.45. The van der Waals surface area contributed by atoms with Crippen molar-refractivity contribution in [3.8, 4) is 22.8 Å². The molecule has 2 N–H and O–H groups in total. The highest BCUT2D eigenvalue weighted by atomic mass is 16.4. The number of carbonyl (C=O) groups excluding carboxylic acids is 1. The zero-order valence-corrected chi connectivity index (χ0v) is 15.4. The summed E-state index contributed by atoms with van der Waals surface area (Å²) in [4.78, 5) is 17.2. The van der Waals surface area contributed by atoms with E-state index in [4.69, 9.17) is 4.42 Å². The third-order valence-corrected chi connectivity index (χ3v) is 4.88. The van der Waals surface area contributed by atoms with Crippen molar-refractivity contribution in [2.45, 2.75) is 25.8 Å². The summed E-state index contributed by atoms with van der Waals surface area (Å²) in [6, 6.07) is 15.7. The Balaban J connectivity index is 1.59. The average Bonchev–Trinajstić information content (AvgIpc) is 3.19. The van der Waals surface area contributed by atoms with Crippen LogP contribution in [-0.4, -0.2) is 30.0 Å². The van der Waals surface area contributed by atoms with Crippen LogP contribution in [0.15, 0.2) is 59.1 Å². The minimum Gasteiger partial charge on any atom is -0.436 e. The minimum absolute atomic E-state index is 0.0885. The van der Waals surface area contributed by atoms with Crippen LogP contribution in [0.2, 0.25) is 0 Å². The number of rotatable bonds is 4. The van der Waals surface area contributed by atoms with Gasteiger partial charge in [0.15, 0.2) is 5.76 Å². The highest BCUT2D eigenvalue weighted by Crippen LogP contribution is 2.28. The third-order valence-electron chi connectivity index (χ3n) is 4.88. The van der Waals surface area contributed by atoms with Gasteiger partial charge in [0.05, 0.1) is 11.8 Å². The molecule has 0 radical (unpaired) electrons. The summed E-state index contributed by atoms with van der Waals surface area (Å²) in [6.07, 6.45) is 3.78. The summed E-state index contributed by atoms with van der Waals surface area (Å²) in [6.45, 7) is 3.87. The largest absolute Gasteiger partial charge is 0.436 e. The Morgan fingerprint density at radius 2 is 2.00 bits per heavy atom. The number of hydrogen-bond donors (Lipinski definition) is 2. The van der Waals surface area contributed by atoms with Gasteiger partial charge >= 0.3 is 0 Å². The lowest BCUT2D eigenvalue weighted by Gasteiger charge is -2.24. The summed E-state index contributed by atoms with van der Waals surface area (Å²) in [5.74, 6) is 1.06. The Kier molecular flexibility index (Phi) is 5.03. The normalized spacial score (nSPS) is 16.9. The molecule has 1 fully saturated rings. The van der Waals surface area contributed by atoms with Crippen molar-refractivity contribution >= 4 is 5.91 Å². The molecule has 1 aromatic heterocycles. The molecule has 1 aliphatic rings. The lowest BCUT2D eigenvalue weighted by molar-refractivity contribution is 0.0931. The van der Waals surface area contributed by atoms with Crippen LogP contribution in [0, 0.1) is 6.92 Å². The van der Waals surface area contributed by atoms with Crippen molar-refractivity contribution in [1.82, 2.24) is 15.6 Å². The molecule has 0 aliphatic carbocycles. The van der Waals surface area contributed by atoms with E-state index in [1.807, 2.05) is 55.5 Å². The van der Waals surface area contributed by atoms with Gasteiger partial charge in [-0.1, -0.05) is 42.0 Å². The van der Waals surface area contributed by atoms with Gasteiger partial charge in [0, 0.05) is 23.7 Å². The Morgan fingerprint density at radius 3 is 2.78 bits per heavy atom. The van der Waals surface area contributed by atoms with Crippen LogP contribution in [0.25, 0.3) is 22.8 Å². The molecule has 27 heavy (non-hydrogen) atoms. The Labute approximate surface area is 158 Å². The number of aromatic nitrogens is 1. The van der Waals surface area contributed by atoms with E-state index in [0.29, 0.717) is 22.8 Å². The number of carbonyl (C=O) groups is 1. The van der Waals surface area contributed by atoms with E-state index in [1.165, 1.54) is 5.56 Å². The molecule has 0 spiro atoms. The van der Waals surface area contributed by atoms with Gasteiger partial charge in [0.1, 0.15) is 0 Å². The van der Waals surface area contributed by atoms with Crippen LogP contribution >= 0.6 is 0 Å². The maximum atomic E-state index is 12.8. The number of nitrogens with one attached hydrogen (secondary N) is 2. The Morgan fingerprint density at radius 1 is 1.19 bits per heavy atom. The molecule has 1 atom stereocenters. The van der Waals surface area contributed by atoms with Gasteiger partial charge in [0.2, 0.25) is 5.89 Å². The van der Waals surface area contributed by atoms with Crippen LogP contribution in [0.3, 0.4) is 0 Å². The fourth-order valence-corrected chi connectivity index (χ4v) is 3.36. The maximum Gasteiger partial charge on any atom is 0.252 e. The fraction of sp³-hybridized carbons (Fsp3) is 0.273. The SMILES string of the molecule is Cc1ccc(-c2cnc(-c3ccccc3C(=O)N[C@H]3CCCNC3)o2)cc1. The highest BCUT2D eigenvalue weighted by Gasteiger charge is 2.20. The number of benzene rings is 2. The molecule has 4 rings (SSSR count). The van der Waals surface area contributed by atoms with Gasteiger partial charge in [-0.2, -0.15) is 0 Å². The summed E-state index contributed by atoms with van der Waals surface area (Å²) in [5, 5.41) is 6.44. The van der Waals surface area contributed by atoms with Crippen LogP contribution in [0.1, 0.15) is 28.8 Å². The summed E-state index contributed by atoms with van der Waals surface area (Å²) < 4.78 is 5.97. The maximum absolute atomic E-state index is 12.8. The number of aryl methyl sites for hydroxylation is 1. The predicted octanol–water partition coefficient (Wildman–Crippen LogP) is 3.80. The molecule has 0 bridgehead atoms. The molecule has 2 aromatic carbocycles. The Bertz CT molecular complexity index is 925. The fourth-order valence-electron chi connectivity index (χ4n) is 3.36. The first-order valence-corrected chi connectivity index (χ1v) is 9.34. The van der Waals surface area contributed by atoms with E-state index in [0.717, 1.165) is 31.5 Å². The predicted molar refractivity (Wildman–Crippen MR) is 105 cm³/mol. The van der Waals surface area contributed by atoms with Crippen molar-refractivity contribution < 1.29 is 9.21 Å². The monoisotopic (exact) mass is 361 g/mol. The molecule has 0 unspecified atom stereocenters. The molecule has 2 heterocycles. The number of oxazole rings is 1. The number of hydrogen-bond acceptors (Lipinski definition) is 4. The van der Waals surface area contributed by atoms with E-state index in [-0.39, 0.29) is 11.9 Å². The average molecular weight is 361 g/mol. The van der Waals surface area contributed by atoms with Crippen molar-refractivity contribution in [3.05, 3.63) is 65.9 Å². The summed E-state index contributed by atoms with van der Waals surface area (Å²) in [7, 11) is 0. The first kappa shape index (κ1) is 17.5.